The van der Waals surface area contributed by atoms with Crippen LogP contribution in [0.5, 0.6) is 5.75 Å². The molecule has 120 valence electrons. The fraction of sp³-hybridized carbons (Fsp3) is 0.0625. The largest absolute Gasteiger partial charge is 0.496 e. The minimum absolute atomic E-state index is 0. The number of ether oxygens (including phenoxy) is 1. The molecule has 0 fully saturated rings. The molecule has 0 bridgehead atoms. The zero-order chi connectivity index (χ0) is 15.5. The SMILES string of the molecule is Br.COc1ccccc1-c1csc(Nc2ccc(Cl)c(Cl)c2)n1. The molecule has 0 spiro atoms. The molecule has 0 atom stereocenters. The zero-order valence-corrected chi connectivity index (χ0v) is 16.1. The quantitative estimate of drug-likeness (QED) is 0.515. The van der Waals surface area contributed by atoms with Crippen LogP contribution >= 0.6 is 51.5 Å². The first-order chi connectivity index (χ1) is 10.7. The molecule has 0 radical (unpaired) electrons. The molecule has 0 unspecified atom stereocenters. The second-order valence-corrected chi connectivity index (χ2v) is 6.16. The minimum atomic E-state index is 0. The molecule has 0 aliphatic rings. The predicted octanol–water partition coefficient (Wildman–Crippen LogP) is 6.45. The molecule has 1 heterocycles. The summed E-state index contributed by atoms with van der Waals surface area (Å²) in [6.07, 6.45) is 0. The number of rotatable bonds is 4. The van der Waals surface area contributed by atoms with Gasteiger partial charge in [-0.25, -0.2) is 4.98 Å². The number of halogens is 3. The molecule has 3 aromatic rings. The van der Waals surface area contributed by atoms with E-state index in [0.29, 0.717) is 10.0 Å². The maximum absolute atomic E-state index is 6.02. The highest BCUT2D eigenvalue weighted by Crippen LogP contribution is 2.33. The summed E-state index contributed by atoms with van der Waals surface area (Å²) < 4.78 is 5.37. The maximum Gasteiger partial charge on any atom is 0.187 e. The van der Waals surface area contributed by atoms with Crippen molar-refractivity contribution in [3.63, 3.8) is 0 Å². The van der Waals surface area contributed by atoms with E-state index in [2.05, 4.69) is 10.3 Å². The van der Waals surface area contributed by atoms with E-state index in [1.807, 2.05) is 35.7 Å². The molecule has 3 rings (SSSR count). The third-order valence-corrected chi connectivity index (χ3v) is 4.55. The van der Waals surface area contributed by atoms with E-state index >= 15 is 0 Å². The molecule has 0 saturated heterocycles. The number of thiazole rings is 1. The van der Waals surface area contributed by atoms with E-state index in [0.717, 1.165) is 27.8 Å². The van der Waals surface area contributed by atoms with Gasteiger partial charge in [-0.15, -0.1) is 28.3 Å². The Morgan fingerprint density at radius 1 is 1.09 bits per heavy atom. The van der Waals surface area contributed by atoms with Crippen LogP contribution in [0.4, 0.5) is 10.8 Å². The average molecular weight is 432 g/mol. The van der Waals surface area contributed by atoms with Crippen molar-refractivity contribution in [1.29, 1.82) is 0 Å². The third kappa shape index (κ3) is 4.18. The van der Waals surface area contributed by atoms with Gasteiger partial charge in [-0.2, -0.15) is 0 Å². The van der Waals surface area contributed by atoms with Gasteiger partial charge in [0.2, 0.25) is 0 Å². The van der Waals surface area contributed by atoms with Crippen molar-refractivity contribution in [3.8, 4) is 17.0 Å². The van der Waals surface area contributed by atoms with Gasteiger partial charge in [-0.05, 0) is 30.3 Å². The predicted molar refractivity (Wildman–Crippen MR) is 104 cm³/mol. The van der Waals surface area contributed by atoms with E-state index in [9.17, 15) is 0 Å². The Kier molecular flexibility index (Phi) is 6.30. The second-order valence-electron chi connectivity index (χ2n) is 4.49. The summed E-state index contributed by atoms with van der Waals surface area (Å²) in [5.41, 5.74) is 2.67. The van der Waals surface area contributed by atoms with Gasteiger partial charge in [-0.1, -0.05) is 35.3 Å². The van der Waals surface area contributed by atoms with Crippen LogP contribution in [0.25, 0.3) is 11.3 Å². The number of anilines is 2. The van der Waals surface area contributed by atoms with E-state index in [1.165, 1.54) is 11.3 Å². The van der Waals surface area contributed by atoms with Crippen molar-refractivity contribution in [3.05, 3.63) is 57.9 Å². The van der Waals surface area contributed by atoms with Gasteiger partial charge in [-0.3, -0.25) is 0 Å². The van der Waals surface area contributed by atoms with Crippen LogP contribution in [-0.2, 0) is 0 Å². The summed E-state index contributed by atoms with van der Waals surface area (Å²) in [5, 5.41) is 7.02. The van der Waals surface area contributed by atoms with Crippen molar-refractivity contribution < 1.29 is 4.74 Å². The van der Waals surface area contributed by atoms with Gasteiger partial charge in [0.1, 0.15) is 5.75 Å². The van der Waals surface area contributed by atoms with Crippen molar-refractivity contribution >= 4 is 62.3 Å². The Balaban J connectivity index is 0.00000192. The topological polar surface area (TPSA) is 34.1 Å². The first-order valence-electron chi connectivity index (χ1n) is 6.48. The summed E-state index contributed by atoms with van der Waals surface area (Å²) in [4.78, 5) is 4.59. The Labute approximate surface area is 159 Å². The van der Waals surface area contributed by atoms with Gasteiger partial charge in [0, 0.05) is 16.6 Å². The summed E-state index contributed by atoms with van der Waals surface area (Å²) in [6, 6.07) is 13.2. The smallest absolute Gasteiger partial charge is 0.187 e. The van der Waals surface area contributed by atoms with Gasteiger partial charge in [0.25, 0.3) is 0 Å². The molecule has 1 aromatic heterocycles. The molecule has 0 amide bonds. The number of nitrogens with one attached hydrogen (secondary N) is 1. The van der Waals surface area contributed by atoms with Crippen LogP contribution in [0.15, 0.2) is 47.8 Å². The number of benzene rings is 2. The van der Waals surface area contributed by atoms with Crippen LogP contribution < -0.4 is 10.1 Å². The van der Waals surface area contributed by atoms with E-state index < -0.39 is 0 Å². The molecule has 1 N–H and O–H groups in total. The number of aromatic nitrogens is 1. The van der Waals surface area contributed by atoms with Crippen LogP contribution in [0.2, 0.25) is 10.0 Å². The molecular weight excluding hydrogens is 419 g/mol. The lowest BCUT2D eigenvalue weighted by Gasteiger charge is -2.05. The Bertz CT molecular complexity index is 810. The molecule has 3 nitrogen and oxygen atoms in total. The minimum Gasteiger partial charge on any atom is -0.496 e. The van der Waals surface area contributed by atoms with Crippen LogP contribution in [0.3, 0.4) is 0 Å². The van der Waals surface area contributed by atoms with Gasteiger partial charge < -0.3 is 10.1 Å². The summed E-state index contributed by atoms with van der Waals surface area (Å²) >= 11 is 13.4. The lowest BCUT2D eigenvalue weighted by molar-refractivity contribution is 0.416. The molecule has 0 aliphatic heterocycles. The normalized spacial score (nSPS) is 10.0. The van der Waals surface area contributed by atoms with Crippen molar-refractivity contribution in [2.24, 2.45) is 0 Å². The number of para-hydroxylation sites is 1. The van der Waals surface area contributed by atoms with E-state index in [4.69, 9.17) is 27.9 Å². The van der Waals surface area contributed by atoms with E-state index in [-0.39, 0.29) is 17.0 Å². The second kappa shape index (κ2) is 8.02. The fourth-order valence-corrected chi connectivity index (χ4v) is 3.04. The lowest BCUT2D eigenvalue weighted by Crippen LogP contribution is -1.91. The maximum atomic E-state index is 6.02. The number of nitrogens with zero attached hydrogens (tertiary/aromatic N) is 1. The summed E-state index contributed by atoms with van der Waals surface area (Å²) in [7, 11) is 1.65. The zero-order valence-electron chi connectivity index (χ0n) is 12.0. The first-order valence-corrected chi connectivity index (χ1v) is 8.12. The first kappa shape index (κ1) is 18.1. The van der Waals surface area contributed by atoms with E-state index in [1.54, 1.807) is 19.2 Å². The summed E-state index contributed by atoms with van der Waals surface area (Å²) in [5.74, 6) is 0.800. The number of methoxy groups -OCH3 is 1. The molecule has 0 saturated carbocycles. The summed E-state index contributed by atoms with van der Waals surface area (Å²) in [6.45, 7) is 0. The fourth-order valence-electron chi connectivity index (χ4n) is 2.01. The highest BCUT2D eigenvalue weighted by molar-refractivity contribution is 8.93. The Hall–Kier alpha value is -1.27. The Morgan fingerprint density at radius 3 is 2.61 bits per heavy atom. The van der Waals surface area contributed by atoms with Gasteiger partial charge in [0.05, 0.1) is 22.8 Å². The van der Waals surface area contributed by atoms with Crippen LogP contribution in [0.1, 0.15) is 0 Å². The highest BCUT2D eigenvalue weighted by atomic mass is 79.9. The van der Waals surface area contributed by atoms with Crippen LogP contribution in [-0.4, -0.2) is 12.1 Å². The number of hydrogen-bond acceptors (Lipinski definition) is 4. The molecular formula is C16H13BrCl2N2OS. The van der Waals surface area contributed by atoms with Crippen molar-refractivity contribution in [2.45, 2.75) is 0 Å². The Morgan fingerprint density at radius 2 is 1.87 bits per heavy atom. The van der Waals surface area contributed by atoms with Crippen LogP contribution in [0, 0.1) is 0 Å². The average Bonchev–Trinajstić information content (AvgIpc) is 2.99. The van der Waals surface area contributed by atoms with Crippen molar-refractivity contribution in [2.75, 3.05) is 12.4 Å². The molecule has 2 aromatic carbocycles. The third-order valence-electron chi connectivity index (χ3n) is 3.06. The lowest BCUT2D eigenvalue weighted by atomic mass is 10.1. The molecule has 0 aliphatic carbocycles. The number of hydrogen-bond donors (Lipinski definition) is 1. The molecule has 23 heavy (non-hydrogen) atoms. The monoisotopic (exact) mass is 430 g/mol. The standard InChI is InChI=1S/C16H12Cl2N2OS.BrH/c1-21-15-5-3-2-4-11(15)14-9-22-16(20-14)19-10-6-7-12(17)13(18)8-10;/h2-9H,1H3,(H,19,20);1H. The highest BCUT2D eigenvalue weighted by Gasteiger charge is 2.10. The molecule has 7 heteroatoms. The van der Waals surface area contributed by atoms with Gasteiger partial charge >= 0.3 is 0 Å². The van der Waals surface area contributed by atoms with Gasteiger partial charge in [0.15, 0.2) is 5.13 Å². The van der Waals surface area contributed by atoms with Crippen molar-refractivity contribution in [1.82, 2.24) is 4.98 Å².